The topological polar surface area (TPSA) is 49.3 Å². The summed E-state index contributed by atoms with van der Waals surface area (Å²) >= 11 is 0. The fourth-order valence-corrected chi connectivity index (χ4v) is 1.47. The third-order valence-corrected chi connectivity index (χ3v) is 2.41. The van der Waals surface area contributed by atoms with Crippen LogP contribution in [0.4, 0.5) is 4.39 Å². The maximum Gasteiger partial charge on any atom is 0.328 e. The Balaban J connectivity index is 2.56. The molecule has 0 aliphatic rings. The number of carboxylic acids is 1. The van der Waals surface area contributed by atoms with E-state index in [1.807, 2.05) is 13.0 Å². The third-order valence-electron chi connectivity index (χ3n) is 2.41. The molecule has 0 spiro atoms. The van der Waals surface area contributed by atoms with Gasteiger partial charge in [0, 0.05) is 18.7 Å². The molecule has 0 heterocycles. The highest BCUT2D eigenvalue weighted by Gasteiger charge is 2.05. The summed E-state index contributed by atoms with van der Waals surface area (Å²) in [4.78, 5) is 10.4. The van der Waals surface area contributed by atoms with E-state index in [-0.39, 0.29) is 11.9 Å². The Labute approximate surface area is 100.0 Å². The Kier molecular flexibility index (Phi) is 4.84. The van der Waals surface area contributed by atoms with E-state index in [1.165, 1.54) is 12.1 Å². The maximum absolute atomic E-state index is 13.0. The normalized spacial score (nSPS) is 13.5. The lowest BCUT2D eigenvalue weighted by Crippen LogP contribution is -2.21. The number of benzene rings is 1. The van der Waals surface area contributed by atoms with Gasteiger partial charge in [0.15, 0.2) is 0 Å². The molecule has 3 nitrogen and oxygen atoms in total. The van der Waals surface area contributed by atoms with Crippen molar-refractivity contribution in [2.45, 2.75) is 19.9 Å². The molecule has 0 aliphatic carbocycles. The summed E-state index contributed by atoms with van der Waals surface area (Å²) in [7, 11) is 0. The number of hydrogen-bond donors (Lipinski definition) is 2. The van der Waals surface area contributed by atoms with Gasteiger partial charge in [0.25, 0.3) is 0 Å². The zero-order chi connectivity index (χ0) is 12.8. The lowest BCUT2D eigenvalue weighted by molar-refractivity contribution is -0.131. The molecule has 17 heavy (non-hydrogen) atoms. The van der Waals surface area contributed by atoms with Crippen LogP contribution < -0.4 is 5.32 Å². The largest absolute Gasteiger partial charge is 0.478 e. The Morgan fingerprint density at radius 2 is 2.29 bits per heavy atom. The Morgan fingerprint density at radius 3 is 2.88 bits per heavy atom. The molecule has 4 heteroatoms. The first-order chi connectivity index (χ1) is 7.99. The highest BCUT2D eigenvalue weighted by atomic mass is 19.1. The van der Waals surface area contributed by atoms with Crippen molar-refractivity contribution in [2.24, 2.45) is 0 Å². The molecule has 0 saturated carbocycles. The van der Waals surface area contributed by atoms with Crippen molar-refractivity contribution in [1.82, 2.24) is 5.32 Å². The van der Waals surface area contributed by atoms with E-state index < -0.39 is 5.97 Å². The third kappa shape index (κ3) is 4.78. The predicted molar refractivity (Wildman–Crippen MR) is 64.2 cm³/mol. The summed E-state index contributed by atoms with van der Waals surface area (Å²) in [5, 5.41) is 11.7. The molecule has 1 aromatic rings. The maximum atomic E-state index is 13.0. The molecule has 92 valence electrons. The Hall–Kier alpha value is -1.68. The summed E-state index contributed by atoms with van der Waals surface area (Å²) in [5.74, 6) is -1.23. The van der Waals surface area contributed by atoms with Gasteiger partial charge in [-0.05, 0) is 31.5 Å². The smallest absolute Gasteiger partial charge is 0.328 e. The van der Waals surface area contributed by atoms with Gasteiger partial charge in [0.1, 0.15) is 5.82 Å². The van der Waals surface area contributed by atoms with Crippen LogP contribution in [0.3, 0.4) is 0 Å². The molecule has 1 atom stereocenters. The first-order valence-corrected chi connectivity index (χ1v) is 5.38. The van der Waals surface area contributed by atoms with E-state index in [4.69, 9.17) is 5.11 Å². The van der Waals surface area contributed by atoms with Gasteiger partial charge in [0.2, 0.25) is 0 Å². The highest BCUT2D eigenvalue weighted by molar-refractivity contribution is 5.80. The van der Waals surface area contributed by atoms with E-state index in [1.54, 1.807) is 13.0 Å². The molecule has 0 fully saturated rings. The monoisotopic (exact) mass is 237 g/mol. The molecule has 1 rings (SSSR count). The van der Waals surface area contributed by atoms with Crippen LogP contribution >= 0.6 is 0 Å². The van der Waals surface area contributed by atoms with E-state index in [9.17, 15) is 9.18 Å². The molecule has 0 aromatic heterocycles. The zero-order valence-corrected chi connectivity index (χ0v) is 9.90. The first kappa shape index (κ1) is 13.4. The van der Waals surface area contributed by atoms with Crippen LogP contribution in [0.25, 0.3) is 0 Å². The average molecular weight is 237 g/mol. The number of hydrogen-bond acceptors (Lipinski definition) is 2. The van der Waals surface area contributed by atoms with Crippen molar-refractivity contribution < 1.29 is 14.3 Å². The lowest BCUT2D eigenvalue weighted by Gasteiger charge is -2.14. The number of halogens is 1. The average Bonchev–Trinajstić information content (AvgIpc) is 2.25. The van der Waals surface area contributed by atoms with E-state index >= 15 is 0 Å². The van der Waals surface area contributed by atoms with Crippen LogP contribution in [0.1, 0.15) is 25.5 Å². The van der Waals surface area contributed by atoms with Crippen molar-refractivity contribution in [2.75, 3.05) is 6.54 Å². The molecule has 0 aliphatic heterocycles. The quantitative estimate of drug-likeness (QED) is 0.773. The summed E-state index contributed by atoms with van der Waals surface area (Å²) in [5.41, 5.74) is 1.56. The molecule has 0 bridgehead atoms. The van der Waals surface area contributed by atoms with Crippen molar-refractivity contribution >= 4 is 5.97 Å². The molecule has 0 saturated heterocycles. The molecular formula is C13H16FNO2. The second-order valence-electron chi connectivity index (χ2n) is 3.99. The van der Waals surface area contributed by atoms with Crippen LogP contribution in [-0.2, 0) is 4.79 Å². The second kappa shape index (κ2) is 6.15. The van der Waals surface area contributed by atoms with Crippen LogP contribution in [0.2, 0.25) is 0 Å². The van der Waals surface area contributed by atoms with Gasteiger partial charge in [-0.15, -0.1) is 0 Å². The second-order valence-corrected chi connectivity index (χ2v) is 3.99. The number of carboxylic acid groups (broad SMARTS) is 1. The van der Waals surface area contributed by atoms with Crippen LogP contribution in [0, 0.1) is 5.82 Å². The number of rotatable bonds is 5. The zero-order valence-electron chi connectivity index (χ0n) is 9.90. The van der Waals surface area contributed by atoms with Crippen LogP contribution in [0.5, 0.6) is 0 Å². The van der Waals surface area contributed by atoms with Gasteiger partial charge in [-0.1, -0.05) is 17.7 Å². The minimum absolute atomic E-state index is 0.0251. The fraction of sp³-hybridized carbons (Fsp3) is 0.308. The number of aliphatic carboxylic acids is 1. The minimum Gasteiger partial charge on any atom is -0.478 e. The predicted octanol–water partition coefficient (Wildman–Crippen LogP) is 2.51. The molecule has 1 aromatic carbocycles. The minimum atomic E-state index is -0.956. The molecule has 2 N–H and O–H groups in total. The van der Waals surface area contributed by atoms with Gasteiger partial charge < -0.3 is 10.4 Å². The first-order valence-electron chi connectivity index (χ1n) is 5.38. The number of nitrogens with one attached hydrogen (secondary N) is 1. The van der Waals surface area contributed by atoms with Gasteiger partial charge in [-0.2, -0.15) is 0 Å². The SMILES string of the molecule is C/C(=C\C(=O)O)CN[C@@H](C)c1cccc(F)c1. The Morgan fingerprint density at radius 1 is 1.59 bits per heavy atom. The summed E-state index contributed by atoms with van der Waals surface area (Å²) < 4.78 is 13.0. The summed E-state index contributed by atoms with van der Waals surface area (Å²) in [6, 6.07) is 6.32. The van der Waals surface area contributed by atoms with Crippen molar-refractivity contribution in [1.29, 1.82) is 0 Å². The van der Waals surface area contributed by atoms with Gasteiger partial charge in [-0.25, -0.2) is 9.18 Å². The van der Waals surface area contributed by atoms with Crippen LogP contribution in [0.15, 0.2) is 35.9 Å². The molecule has 0 unspecified atom stereocenters. The van der Waals surface area contributed by atoms with Crippen molar-refractivity contribution in [3.8, 4) is 0 Å². The molecule has 0 amide bonds. The van der Waals surface area contributed by atoms with E-state index in [0.717, 1.165) is 17.2 Å². The highest BCUT2D eigenvalue weighted by Crippen LogP contribution is 2.13. The van der Waals surface area contributed by atoms with Gasteiger partial charge in [0.05, 0.1) is 0 Å². The fourth-order valence-electron chi connectivity index (χ4n) is 1.47. The van der Waals surface area contributed by atoms with E-state index in [2.05, 4.69) is 5.32 Å². The van der Waals surface area contributed by atoms with E-state index in [0.29, 0.717) is 6.54 Å². The molecule has 0 radical (unpaired) electrons. The molecular weight excluding hydrogens is 221 g/mol. The standard InChI is InChI=1S/C13H16FNO2/c1-9(6-13(16)17)8-15-10(2)11-4-3-5-12(14)7-11/h3-7,10,15H,8H2,1-2H3,(H,16,17)/b9-6+/t10-/m0/s1. The number of carbonyl (C=O) groups is 1. The summed E-state index contributed by atoms with van der Waals surface area (Å²) in [6.45, 7) is 4.10. The van der Waals surface area contributed by atoms with Crippen molar-refractivity contribution in [3.63, 3.8) is 0 Å². The lowest BCUT2D eigenvalue weighted by atomic mass is 10.1. The van der Waals surface area contributed by atoms with Gasteiger partial charge in [-0.3, -0.25) is 0 Å². The van der Waals surface area contributed by atoms with Crippen molar-refractivity contribution in [3.05, 3.63) is 47.3 Å². The van der Waals surface area contributed by atoms with Gasteiger partial charge >= 0.3 is 5.97 Å². The summed E-state index contributed by atoms with van der Waals surface area (Å²) in [6.07, 6.45) is 1.16. The van der Waals surface area contributed by atoms with Crippen LogP contribution in [-0.4, -0.2) is 17.6 Å². The Bertz CT molecular complexity index is 429.